The summed E-state index contributed by atoms with van der Waals surface area (Å²) in [6, 6.07) is -0.197. The van der Waals surface area contributed by atoms with Gasteiger partial charge in [-0.1, -0.05) is 0 Å². The van der Waals surface area contributed by atoms with Crippen LogP contribution in [0.1, 0.15) is 18.5 Å². The number of aromatic nitrogens is 1. The molecule has 1 aliphatic rings. The molecule has 0 bridgehead atoms. The van der Waals surface area contributed by atoms with Crippen molar-refractivity contribution in [2.24, 2.45) is 5.92 Å². The van der Waals surface area contributed by atoms with Gasteiger partial charge in [-0.25, -0.2) is 9.78 Å². The maximum atomic E-state index is 11.9. The highest BCUT2D eigenvalue weighted by atomic mass is 32.1. The molecule has 1 atom stereocenters. The number of carbonyl (C=O) groups is 2. The van der Waals surface area contributed by atoms with Gasteiger partial charge in [-0.15, -0.1) is 11.3 Å². The number of aliphatic carboxylic acids is 1. The van der Waals surface area contributed by atoms with E-state index >= 15 is 0 Å². The molecule has 1 aromatic heterocycles. The number of nitrogens with one attached hydrogen (secondary N) is 1. The van der Waals surface area contributed by atoms with Crippen molar-refractivity contribution in [1.29, 1.82) is 0 Å². The molecule has 0 saturated carbocycles. The summed E-state index contributed by atoms with van der Waals surface area (Å²) in [5, 5.41) is 13.9. The van der Waals surface area contributed by atoms with Gasteiger partial charge >= 0.3 is 12.0 Å². The minimum atomic E-state index is -0.808. The van der Waals surface area contributed by atoms with E-state index in [4.69, 9.17) is 5.11 Å². The van der Waals surface area contributed by atoms with Gasteiger partial charge in [0.05, 0.1) is 5.69 Å². The van der Waals surface area contributed by atoms with E-state index in [-0.39, 0.29) is 18.4 Å². The summed E-state index contributed by atoms with van der Waals surface area (Å²) < 4.78 is 0. The molecule has 2 rings (SSSR count). The Morgan fingerprint density at radius 2 is 2.44 bits per heavy atom. The number of urea groups is 1. The van der Waals surface area contributed by atoms with Crippen LogP contribution in [0.4, 0.5) is 9.93 Å². The van der Waals surface area contributed by atoms with Crippen molar-refractivity contribution in [3.05, 3.63) is 11.1 Å². The Bertz CT molecular complexity index is 460. The molecule has 1 fully saturated rings. The minimum Gasteiger partial charge on any atom is -0.481 e. The zero-order chi connectivity index (χ0) is 13.1. The molecule has 0 spiro atoms. The van der Waals surface area contributed by atoms with E-state index in [0.717, 1.165) is 12.1 Å². The predicted octanol–water partition coefficient (Wildman–Crippen LogP) is 1.78. The molecule has 1 aliphatic heterocycles. The van der Waals surface area contributed by atoms with Crippen LogP contribution in [0.15, 0.2) is 5.38 Å². The summed E-state index contributed by atoms with van der Waals surface area (Å²) in [5.41, 5.74) is 0.875. The molecule has 0 aromatic carbocycles. The lowest BCUT2D eigenvalue weighted by Gasteiger charge is -2.15. The van der Waals surface area contributed by atoms with E-state index in [2.05, 4.69) is 10.3 Å². The molecule has 1 aromatic rings. The SMILES string of the molecule is Cc1csc(NC(=O)N2CCC(CC(=O)O)C2)n1. The second kappa shape index (κ2) is 5.34. The van der Waals surface area contributed by atoms with E-state index in [0.29, 0.717) is 18.2 Å². The van der Waals surface area contributed by atoms with Gasteiger partial charge in [-0.3, -0.25) is 10.1 Å². The third kappa shape index (κ3) is 3.19. The fraction of sp³-hybridized carbons (Fsp3) is 0.545. The molecular formula is C11H15N3O3S. The molecule has 0 aliphatic carbocycles. The second-order valence-electron chi connectivity index (χ2n) is 4.42. The summed E-state index contributed by atoms with van der Waals surface area (Å²) in [6.07, 6.45) is 0.872. The van der Waals surface area contributed by atoms with Crippen LogP contribution in [-0.2, 0) is 4.79 Å². The van der Waals surface area contributed by atoms with Crippen LogP contribution in [0.2, 0.25) is 0 Å². The number of thiazole rings is 1. The quantitative estimate of drug-likeness (QED) is 0.876. The summed E-state index contributed by atoms with van der Waals surface area (Å²) in [7, 11) is 0. The van der Waals surface area contributed by atoms with Crippen LogP contribution in [0, 0.1) is 12.8 Å². The number of aryl methyl sites for hydroxylation is 1. The number of carboxylic acids is 1. The predicted molar refractivity (Wildman–Crippen MR) is 67.8 cm³/mol. The molecular weight excluding hydrogens is 254 g/mol. The largest absolute Gasteiger partial charge is 0.481 e. The maximum absolute atomic E-state index is 11.9. The monoisotopic (exact) mass is 269 g/mol. The van der Waals surface area contributed by atoms with Gasteiger partial charge < -0.3 is 10.0 Å². The number of nitrogens with zero attached hydrogens (tertiary/aromatic N) is 2. The van der Waals surface area contributed by atoms with E-state index in [1.165, 1.54) is 11.3 Å². The zero-order valence-electron chi connectivity index (χ0n) is 10.0. The van der Waals surface area contributed by atoms with Crippen LogP contribution in [0.3, 0.4) is 0 Å². The fourth-order valence-electron chi connectivity index (χ4n) is 2.01. The highest BCUT2D eigenvalue weighted by Gasteiger charge is 2.28. The first-order chi connectivity index (χ1) is 8.54. The molecule has 2 N–H and O–H groups in total. The molecule has 7 heteroatoms. The van der Waals surface area contributed by atoms with Gasteiger partial charge in [0, 0.05) is 24.9 Å². The number of carbonyl (C=O) groups excluding carboxylic acids is 1. The zero-order valence-corrected chi connectivity index (χ0v) is 10.9. The Hall–Kier alpha value is -1.63. The van der Waals surface area contributed by atoms with Crippen LogP contribution >= 0.6 is 11.3 Å². The van der Waals surface area contributed by atoms with Crippen molar-refractivity contribution in [1.82, 2.24) is 9.88 Å². The number of hydrogen-bond donors (Lipinski definition) is 2. The number of rotatable bonds is 3. The first-order valence-corrected chi connectivity index (χ1v) is 6.62. The van der Waals surface area contributed by atoms with Crippen molar-refractivity contribution in [2.45, 2.75) is 19.8 Å². The Morgan fingerprint density at radius 3 is 3.06 bits per heavy atom. The summed E-state index contributed by atoms with van der Waals surface area (Å²) >= 11 is 1.38. The molecule has 2 amide bonds. The lowest BCUT2D eigenvalue weighted by Crippen LogP contribution is -2.33. The molecule has 0 radical (unpaired) electrons. The van der Waals surface area contributed by atoms with E-state index in [9.17, 15) is 9.59 Å². The first kappa shape index (κ1) is 12.8. The summed E-state index contributed by atoms with van der Waals surface area (Å²) in [6.45, 7) is 2.97. The Morgan fingerprint density at radius 1 is 1.67 bits per heavy atom. The van der Waals surface area contributed by atoms with Crippen LogP contribution < -0.4 is 5.32 Å². The van der Waals surface area contributed by atoms with E-state index in [1.54, 1.807) is 4.90 Å². The number of hydrogen-bond acceptors (Lipinski definition) is 4. The van der Waals surface area contributed by atoms with Crippen LogP contribution in [0.25, 0.3) is 0 Å². The third-order valence-electron chi connectivity index (χ3n) is 2.87. The molecule has 18 heavy (non-hydrogen) atoms. The molecule has 98 valence electrons. The normalized spacial score (nSPS) is 18.9. The van der Waals surface area contributed by atoms with Crippen LogP contribution in [0.5, 0.6) is 0 Å². The molecule has 2 heterocycles. The molecule has 1 unspecified atom stereocenters. The highest BCUT2D eigenvalue weighted by Crippen LogP contribution is 2.21. The van der Waals surface area contributed by atoms with Crippen molar-refractivity contribution >= 4 is 28.5 Å². The summed E-state index contributed by atoms with van der Waals surface area (Å²) in [4.78, 5) is 28.3. The molecule has 6 nitrogen and oxygen atoms in total. The maximum Gasteiger partial charge on any atom is 0.323 e. The van der Waals surface area contributed by atoms with Gasteiger partial charge in [-0.05, 0) is 19.3 Å². The Balaban J connectivity index is 1.85. The van der Waals surface area contributed by atoms with Crippen LogP contribution in [-0.4, -0.2) is 40.1 Å². The highest BCUT2D eigenvalue weighted by molar-refractivity contribution is 7.13. The summed E-state index contributed by atoms with van der Waals surface area (Å²) in [5.74, 6) is -0.746. The topological polar surface area (TPSA) is 82.5 Å². The van der Waals surface area contributed by atoms with Gasteiger partial charge in [0.15, 0.2) is 5.13 Å². The number of carboxylic acid groups (broad SMARTS) is 1. The minimum absolute atomic E-state index is 0.0614. The van der Waals surface area contributed by atoms with Gasteiger partial charge in [0.25, 0.3) is 0 Å². The number of amides is 2. The van der Waals surface area contributed by atoms with Gasteiger partial charge in [0.1, 0.15) is 0 Å². The number of likely N-dealkylation sites (tertiary alicyclic amines) is 1. The van der Waals surface area contributed by atoms with Gasteiger partial charge in [-0.2, -0.15) is 0 Å². The Labute approximate surface area is 109 Å². The van der Waals surface area contributed by atoms with Crippen molar-refractivity contribution in [3.63, 3.8) is 0 Å². The lowest BCUT2D eigenvalue weighted by atomic mass is 10.1. The average molecular weight is 269 g/mol. The average Bonchev–Trinajstić information content (AvgIpc) is 2.87. The van der Waals surface area contributed by atoms with Crippen molar-refractivity contribution in [3.8, 4) is 0 Å². The molecule has 1 saturated heterocycles. The Kier molecular flexibility index (Phi) is 3.81. The van der Waals surface area contributed by atoms with Crippen molar-refractivity contribution < 1.29 is 14.7 Å². The van der Waals surface area contributed by atoms with Crippen molar-refractivity contribution in [2.75, 3.05) is 18.4 Å². The number of anilines is 1. The fourth-order valence-corrected chi connectivity index (χ4v) is 2.69. The standard InChI is InChI=1S/C11H15N3O3S/c1-7-6-18-10(12-7)13-11(17)14-3-2-8(5-14)4-9(15)16/h6,8H,2-5H2,1H3,(H,15,16)(H,12,13,17). The lowest BCUT2D eigenvalue weighted by molar-refractivity contribution is -0.138. The second-order valence-corrected chi connectivity index (χ2v) is 5.28. The van der Waals surface area contributed by atoms with Gasteiger partial charge in [0.2, 0.25) is 0 Å². The first-order valence-electron chi connectivity index (χ1n) is 5.74. The van der Waals surface area contributed by atoms with E-state index < -0.39 is 5.97 Å². The smallest absolute Gasteiger partial charge is 0.323 e. The third-order valence-corrected chi connectivity index (χ3v) is 3.74. The van der Waals surface area contributed by atoms with E-state index in [1.807, 2.05) is 12.3 Å².